The Morgan fingerprint density at radius 2 is 2.04 bits per heavy atom. The first-order valence-electron chi connectivity index (χ1n) is 8.05. The standard InChI is InChI=1S/C18H18ClN3S2/c1-10-9-11(19)7-8-13(10)20-16-15-12-5-3-4-6-14(12)24-17(15)22-18(21-16)23-2/h7-9H,3-6H2,1-2H3,(H,20,21,22). The molecule has 0 radical (unpaired) electrons. The van der Waals surface area contributed by atoms with Crippen LogP contribution in [0.25, 0.3) is 10.2 Å². The molecule has 2 heterocycles. The molecule has 1 aliphatic carbocycles. The maximum atomic E-state index is 6.08. The van der Waals surface area contributed by atoms with E-state index in [1.165, 1.54) is 35.1 Å². The minimum absolute atomic E-state index is 0.753. The summed E-state index contributed by atoms with van der Waals surface area (Å²) in [4.78, 5) is 12.1. The highest BCUT2D eigenvalue weighted by molar-refractivity contribution is 7.98. The number of halogens is 1. The first-order chi connectivity index (χ1) is 11.7. The lowest BCUT2D eigenvalue weighted by atomic mass is 9.97. The van der Waals surface area contributed by atoms with Crippen molar-refractivity contribution >= 4 is 56.4 Å². The van der Waals surface area contributed by atoms with Crippen LogP contribution >= 0.6 is 34.7 Å². The molecule has 0 bridgehead atoms. The number of rotatable bonds is 3. The first kappa shape index (κ1) is 16.2. The Hall–Kier alpha value is -1.30. The second-order valence-electron chi connectivity index (χ2n) is 6.03. The third-order valence-electron chi connectivity index (χ3n) is 4.42. The lowest BCUT2D eigenvalue weighted by Gasteiger charge is -2.14. The van der Waals surface area contributed by atoms with Gasteiger partial charge in [0.05, 0.1) is 5.39 Å². The highest BCUT2D eigenvalue weighted by atomic mass is 35.5. The molecule has 3 nitrogen and oxygen atoms in total. The molecule has 1 aromatic carbocycles. The largest absolute Gasteiger partial charge is 0.339 e. The van der Waals surface area contributed by atoms with E-state index >= 15 is 0 Å². The van der Waals surface area contributed by atoms with Crippen molar-refractivity contribution in [2.24, 2.45) is 0 Å². The second kappa shape index (κ2) is 6.54. The molecular weight excluding hydrogens is 358 g/mol. The number of aromatic nitrogens is 2. The number of nitrogens with zero attached hydrogens (tertiary/aromatic N) is 2. The van der Waals surface area contributed by atoms with Crippen LogP contribution in [0.4, 0.5) is 11.5 Å². The van der Waals surface area contributed by atoms with Gasteiger partial charge in [0, 0.05) is 15.6 Å². The number of nitrogens with one attached hydrogen (secondary N) is 1. The zero-order chi connectivity index (χ0) is 16.7. The van der Waals surface area contributed by atoms with E-state index in [1.807, 2.05) is 35.8 Å². The summed E-state index contributed by atoms with van der Waals surface area (Å²) in [5, 5.41) is 6.32. The van der Waals surface area contributed by atoms with Crippen molar-refractivity contribution in [1.29, 1.82) is 0 Å². The fourth-order valence-electron chi connectivity index (χ4n) is 3.21. The quantitative estimate of drug-likeness (QED) is 0.450. The summed E-state index contributed by atoms with van der Waals surface area (Å²) < 4.78 is 0. The van der Waals surface area contributed by atoms with E-state index in [9.17, 15) is 0 Å². The molecule has 24 heavy (non-hydrogen) atoms. The van der Waals surface area contributed by atoms with Gasteiger partial charge < -0.3 is 5.32 Å². The minimum Gasteiger partial charge on any atom is -0.339 e. The third-order valence-corrected chi connectivity index (χ3v) is 6.39. The molecule has 0 amide bonds. The molecule has 0 atom stereocenters. The van der Waals surface area contributed by atoms with E-state index in [-0.39, 0.29) is 0 Å². The molecule has 0 spiro atoms. The zero-order valence-corrected chi connectivity index (χ0v) is 16.0. The number of fused-ring (bicyclic) bond motifs is 3. The lowest BCUT2D eigenvalue weighted by molar-refractivity contribution is 0.700. The maximum absolute atomic E-state index is 6.08. The normalized spacial score (nSPS) is 14.0. The molecule has 0 saturated carbocycles. The molecule has 1 N–H and O–H groups in total. The Morgan fingerprint density at radius 3 is 2.83 bits per heavy atom. The average Bonchev–Trinajstić information content (AvgIpc) is 2.95. The summed E-state index contributed by atoms with van der Waals surface area (Å²) in [5.74, 6) is 0.925. The highest BCUT2D eigenvalue weighted by Crippen LogP contribution is 2.40. The molecule has 3 aromatic rings. The van der Waals surface area contributed by atoms with E-state index in [4.69, 9.17) is 21.6 Å². The van der Waals surface area contributed by atoms with E-state index < -0.39 is 0 Å². The van der Waals surface area contributed by atoms with Crippen molar-refractivity contribution in [3.05, 3.63) is 39.2 Å². The van der Waals surface area contributed by atoms with Gasteiger partial charge in [-0.2, -0.15) is 0 Å². The molecule has 6 heteroatoms. The maximum Gasteiger partial charge on any atom is 0.190 e. The zero-order valence-electron chi connectivity index (χ0n) is 13.6. The highest BCUT2D eigenvalue weighted by Gasteiger charge is 2.21. The van der Waals surface area contributed by atoms with Crippen molar-refractivity contribution in [3.63, 3.8) is 0 Å². The van der Waals surface area contributed by atoms with E-state index in [0.29, 0.717) is 0 Å². The first-order valence-corrected chi connectivity index (χ1v) is 10.5. The Morgan fingerprint density at radius 1 is 1.21 bits per heavy atom. The Balaban J connectivity index is 1.87. The van der Waals surface area contributed by atoms with Crippen LogP contribution in [0.2, 0.25) is 5.02 Å². The molecule has 0 fully saturated rings. The van der Waals surface area contributed by atoms with Gasteiger partial charge in [0.1, 0.15) is 10.6 Å². The topological polar surface area (TPSA) is 37.8 Å². The lowest BCUT2D eigenvalue weighted by Crippen LogP contribution is -2.02. The third kappa shape index (κ3) is 2.89. The molecule has 0 unspecified atom stereocenters. The molecular formula is C18H18ClN3S2. The average molecular weight is 376 g/mol. The van der Waals surface area contributed by atoms with E-state index in [0.717, 1.165) is 38.5 Å². The monoisotopic (exact) mass is 375 g/mol. The van der Waals surface area contributed by atoms with Crippen LogP contribution in [-0.2, 0) is 12.8 Å². The fraction of sp³-hybridized carbons (Fsp3) is 0.333. The molecule has 4 rings (SSSR count). The fourth-order valence-corrected chi connectivity index (χ4v) is 5.13. The Bertz CT molecular complexity index is 920. The van der Waals surface area contributed by atoms with Crippen LogP contribution in [0.1, 0.15) is 28.8 Å². The summed E-state index contributed by atoms with van der Waals surface area (Å²) in [6, 6.07) is 5.90. The number of hydrogen-bond acceptors (Lipinski definition) is 5. The van der Waals surface area contributed by atoms with Crippen LogP contribution in [-0.4, -0.2) is 16.2 Å². The van der Waals surface area contributed by atoms with Gasteiger partial charge >= 0.3 is 0 Å². The Kier molecular flexibility index (Phi) is 4.41. The van der Waals surface area contributed by atoms with Gasteiger partial charge in [-0.15, -0.1) is 11.3 Å². The predicted octanol–water partition coefficient (Wildman–Crippen LogP) is 6.00. The number of anilines is 2. The van der Waals surface area contributed by atoms with Gasteiger partial charge in [0.2, 0.25) is 0 Å². The number of benzene rings is 1. The number of hydrogen-bond donors (Lipinski definition) is 1. The molecule has 0 aliphatic heterocycles. The summed E-state index contributed by atoms with van der Waals surface area (Å²) in [6.07, 6.45) is 6.85. The van der Waals surface area contributed by atoms with Gasteiger partial charge in [0.15, 0.2) is 5.16 Å². The molecule has 2 aromatic heterocycles. The number of thioether (sulfide) groups is 1. The van der Waals surface area contributed by atoms with Crippen LogP contribution in [0, 0.1) is 6.92 Å². The van der Waals surface area contributed by atoms with Crippen LogP contribution in [0.15, 0.2) is 23.4 Å². The van der Waals surface area contributed by atoms with Crippen LogP contribution in [0.5, 0.6) is 0 Å². The molecule has 0 saturated heterocycles. The van der Waals surface area contributed by atoms with Gasteiger partial charge in [-0.3, -0.25) is 0 Å². The van der Waals surface area contributed by atoms with Crippen LogP contribution in [0.3, 0.4) is 0 Å². The molecule has 1 aliphatic rings. The SMILES string of the molecule is CSc1nc(Nc2ccc(Cl)cc2C)c2c3c(sc2n1)CCCC3. The van der Waals surface area contributed by atoms with Crippen molar-refractivity contribution in [2.75, 3.05) is 11.6 Å². The number of thiophene rings is 1. The van der Waals surface area contributed by atoms with E-state index in [2.05, 4.69) is 12.2 Å². The summed E-state index contributed by atoms with van der Waals surface area (Å²) in [5.41, 5.74) is 3.61. The van der Waals surface area contributed by atoms with Crippen LogP contribution < -0.4 is 5.32 Å². The molecule has 124 valence electrons. The van der Waals surface area contributed by atoms with Crippen molar-refractivity contribution in [2.45, 2.75) is 37.8 Å². The van der Waals surface area contributed by atoms with E-state index in [1.54, 1.807) is 11.8 Å². The second-order valence-corrected chi connectivity index (χ2v) is 8.33. The number of aryl methyl sites for hydroxylation is 3. The summed E-state index contributed by atoms with van der Waals surface area (Å²) in [6.45, 7) is 2.06. The summed E-state index contributed by atoms with van der Waals surface area (Å²) >= 11 is 9.50. The summed E-state index contributed by atoms with van der Waals surface area (Å²) in [7, 11) is 0. The van der Waals surface area contributed by atoms with Gasteiger partial charge in [-0.05, 0) is 68.2 Å². The minimum atomic E-state index is 0.753. The van der Waals surface area contributed by atoms with Crippen molar-refractivity contribution in [1.82, 2.24) is 9.97 Å². The van der Waals surface area contributed by atoms with Gasteiger partial charge in [-0.25, -0.2) is 9.97 Å². The predicted molar refractivity (Wildman–Crippen MR) is 105 cm³/mol. The van der Waals surface area contributed by atoms with Crippen molar-refractivity contribution < 1.29 is 0 Å². The smallest absolute Gasteiger partial charge is 0.190 e. The van der Waals surface area contributed by atoms with Gasteiger partial charge in [-0.1, -0.05) is 23.4 Å². The Labute approximate surface area is 154 Å². The van der Waals surface area contributed by atoms with Crippen molar-refractivity contribution in [3.8, 4) is 0 Å². The van der Waals surface area contributed by atoms with Gasteiger partial charge in [0.25, 0.3) is 0 Å².